The fourth-order valence-corrected chi connectivity index (χ4v) is 7.28. The largest absolute Gasteiger partial charge is 0.357 e. The molecule has 5 heteroatoms. The quantitative estimate of drug-likeness (QED) is 0.174. The molecule has 5 nitrogen and oxygen atoms in total. The lowest BCUT2D eigenvalue weighted by Crippen LogP contribution is -2.08. The number of aromatic nitrogens is 3. The van der Waals surface area contributed by atoms with Gasteiger partial charge in [0.1, 0.15) is 0 Å². The van der Waals surface area contributed by atoms with Crippen LogP contribution in [0.1, 0.15) is 23.2 Å². The minimum Gasteiger partial charge on any atom is -0.357 e. The highest BCUT2D eigenvalue weighted by Gasteiger charge is 2.25. The van der Waals surface area contributed by atoms with Gasteiger partial charge in [-0.25, -0.2) is 4.98 Å². The van der Waals surface area contributed by atoms with Gasteiger partial charge in [-0.15, -0.1) is 0 Å². The van der Waals surface area contributed by atoms with Crippen molar-refractivity contribution in [2.45, 2.75) is 6.23 Å². The summed E-state index contributed by atoms with van der Waals surface area (Å²) in [5.41, 5.74) is 16.4. The number of aromatic amines is 2. The van der Waals surface area contributed by atoms with E-state index < -0.39 is 0 Å². The van der Waals surface area contributed by atoms with Crippen LogP contribution in [0.3, 0.4) is 0 Å². The van der Waals surface area contributed by atoms with Gasteiger partial charge in [-0.05, 0) is 64.7 Å². The first-order valence-electron chi connectivity index (χ1n) is 16.9. The van der Waals surface area contributed by atoms with E-state index in [0.717, 1.165) is 89.2 Å². The number of benzene rings is 4. The Morgan fingerprint density at radius 1 is 0.460 bits per heavy atom. The Balaban J connectivity index is 1.50. The molecule has 2 aliphatic rings. The minimum absolute atomic E-state index is 0.376. The second-order valence-electron chi connectivity index (χ2n) is 12.5. The summed E-state index contributed by atoms with van der Waals surface area (Å²) in [6.45, 7) is 0. The molecule has 4 aromatic carbocycles. The van der Waals surface area contributed by atoms with Gasteiger partial charge in [0, 0.05) is 62.7 Å². The zero-order valence-corrected chi connectivity index (χ0v) is 27.5. The summed E-state index contributed by atoms with van der Waals surface area (Å²) in [6.07, 6.45) is 3.90. The van der Waals surface area contributed by atoms with E-state index in [1.54, 1.807) is 7.11 Å². The first-order valence-corrected chi connectivity index (χ1v) is 16.9. The second kappa shape index (κ2) is 12.5. The van der Waals surface area contributed by atoms with E-state index in [4.69, 9.17) is 9.72 Å². The Labute approximate surface area is 290 Å². The van der Waals surface area contributed by atoms with E-state index in [-0.39, 0.29) is 6.23 Å². The highest BCUT2D eigenvalue weighted by Crippen LogP contribution is 2.43. The van der Waals surface area contributed by atoms with Gasteiger partial charge in [0.05, 0.1) is 11.4 Å². The third-order valence-corrected chi connectivity index (χ3v) is 9.51. The Morgan fingerprint density at radius 3 is 1.28 bits per heavy atom. The van der Waals surface area contributed by atoms with Crippen LogP contribution >= 0.6 is 0 Å². The summed E-state index contributed by atoms with van der Waals surface area (Å²) in [5, 5.41) is 3.75. The molecule has 0 saturated carbocycles. The molecule has 1 atom stereocenters. The molecule has 3 N–H and O–H groups in total. The van der Waals surface area contributed by atoms with E-state index in [2.05, 4.69) is 167 Å². The van der Waals surface area contributed by atoms with Crippen LogP contribution in [0.15, 0.2) is 152 Å². The molecule has 7 aromatic rings. The van der Waals surface area contributed by atoms with Crippen molar-refractivity contribution in [1.29, 1.82) is 0 Å². The fourth-order valence-electron chi connectivity index (χ4n) is 7.28. The lowest BCUT2D eigenvalue weighted by molar-refractivity contribution is 0.130. The summed E-state index contributed by atoms with van der Waals surface area (Å²) >= 11 is 0. The van der Waals surface area contributed by atoms with Crippen molar-refractivity contribution < 1.29 is 4.74 Å². The molecule has 1 unspecified atom stereocenters. The lowest BCUT2D eigenvalue weighted by Gasteiger charge is -2.16. The summed E-state index contributed by atoms with van der Waals surface area (Å²) in [6, 6.07) is 53.0. The van der Waals surface area contributed by atoms with Gasteiger partial charge in [0.25, 0.3) is 0 Å². The van der Waals surface area contributed by atoms with Crippen LogP contribution in [-0.4, -0.2) is 22.1 Å². The van der Waals surface area contributed by atoms with Crippen molar-refractivity contribution in [3.8, 4) is 44.5 Å². The number of hydrogen-bond donors (Lipinski definition) is 3. The molecular weight excluding hydrogens is 613 g/mol. The first-order chi connectivity index (χ1) is 24.7. The van der Waals surface area contributed by atoms with Crippen LogP contribution in [0.5, 0.6) is 0 Å². The van der Waals surface area contributed by atoms with Crippen LogP contribution in [0.2, 0.25) is 0 Å². The Hall–Kier alpha value is -6.43. The highest BCUT2D eigenvalue weighted by atomic mass is 16.5. The standard InChI is InChI=1S/C45H34N4O/c1-50-45-33-28-40(49-45)44(32-20-12-5-13-21-32)39-27-26-38(48-39)43(31-18-10-4-11-19-31)37-25-24-36(47-37)42(30-16-8-3-9-17-30)35-23-22-34(46-35)41(33)29-14-6-2-7-15-29/h2-28,45-46,48-49H,1H3. The van der Waals surface area contributed by atoms with Crippen LogP contribution in [0.4, 0.5) is 5.69 Å². The molecular formula is C45H34N4O. The summed E-state index contributed by atoms with van der Waals surface area (Å²) in [4.78, 5) is 13.0. The average Bonchev–Trinajstić information content (AvgIpc) is 4.00. The lowest BCUT2D eigenvalue weighted by atomic mass is 10.00. The topological polar surface area (TPSA) is 65.7 Å². The monoisotopic (exact) mass is 646 g/mol. The molecule has 8 bridgehead atoms. The molecule has 0 radical (unpaired) electrons. The van der Waals surface area contributed by atoms with Crippen molar-refractivity contribution in [3.05, 3.63) is 169 Å². The summed E-state index contributed by atoms with van der Waals surface area (Å²) in [5.74, 6) is 0. The summed E-state index contributed by atoms with van der Waals surface area (Å²) < 4.78 is 6.20. The number of nitrogens with one attached hydrogen (secondary N) is 3. The maximum Gasteiger partial charge on any atom is 0.154 e. The fraction of sp³-hybridized carbons (Fsp3) is 0.0444. The molecule has 2 aliphatic heterocycles. The molecule has 0 amide bonds. The number of anilines is 1. The normalized spacial score (nSPS) is 13.7. The van der Waals surface area contributed by atoms with Crippen LogP contribution in [0.25, 0.3) is 78.7 Å². The Morgan fingerprint density at radius 2 is 0.840 bits per heavy atom. The second-order valence-corrected chi connectivity index (χ2v) is 12.5. The van der Waals surface area contributed by atoms with E-state index in [1.165, 1.54) is 0 Å². The third kappa shape index (κ3) is 5.21. The van der Waals surface area contributed by atoms with Crippen LogP contribution in [-0.2, 0) is 4.74 Å². The molecule has 0 fully saturated rings. The number of nitrogens with zero attached hydrogens (tertiary/aromatic N) is 1. The number of H-pyrrole nitrogens is 2. The number of methoxy groups -OCH3 is 1. The molecule has 3 aromatic heterocycles. The average molecular weight is 647 g/mol. The molecule has 5 heterocycles. The molecule has 240 valence electrons. The Bertz CT molecular complexity index is 2530. The maximum absolute atomic E-state index is 6.20. The minimum atomic E-state index is -0.376. The van der Waals surface area contributed by atoms with E-state index >= 15 is 0 Å². The van der Waals surface area contributed by atoms with Gasteiger partial charge >= 0.3 is 0 Å². The predicted octanol–water partition coefficient (Wildman–Crippen LogP) is 11.5. The smallest absolute Gasteiger partial charge is 0.154 e. The number of ether oxygens (including phenoxy) is 1. The van der Waals surface area contributed by atoms with Gasteiger partial charge in [0.2, 0.25) is 0 Å². The van der Waals surface area contributed by atoms with Crippen molar-refractivity contribution in [2.75, 3.05) is 12.4 Å². The predicted molar refractivity (Wildman–Crippen MR) is 207 cm³/mol. The van der Waals surface area contributed by atoms with Crippen molar-refractivity contribution in [1.82, 2.24) is 15.0 Å². The zero-order valence-electron chi connectivity index (χ0n) is 27.5. The van der Waals surface area contributed by atoms with Crippen LogP contribution in [0, 0.1) is 0 Å². The van der Waals surface area contributed by atoms with Crippen molar-refractivity contribution in [2.24, 2.45) is 0 Å². The molecule has 9 rings (SSSR count). The molecule has 0 aliphatic carbocycles. The van der Waals surface area contributed by atoms with Gasteiger partial charge in [-0.3, -0.25) is 0 Å². The Kier molecular flexibility index (Phi) is 7.45. The molecule has 50 heavy (non-hydrogen) atoms. The van der Waals surface area contributed by atoms with Crippen molar-refractivity contribution in [3.63, 3.8) is 0 Å². The van der Waals surface area contributed by atoms with Gasteiger partial charge in [-0.1, -0.05) is 121 Å². The number of fused-ring (bicyclic) bond motifs is 8. The maximum atomic E-state index is 6.20. The zero-order chi connectivity index (χ0) is 33.4. The van der Waals surface area contributed by atoms with Gasteiger partial charge < -0.3 is 20.0 Å². The SMILES string of the molecule is COC1Nc2cc1c(-c1ccccc1)c1ccc([nH]1)c(-c1ccccc1)c1nc(c(-c3ccccc3)c3ccc([nH]3)c2-c2ccccc2)C=C1. The van der Waals surface area contributed by atoms with E-state index in [0.29, 0.717) is 0 Å². The third-order valence-electron chi connectivity index (χ3n) is 9.51. The number of rotatable bonds is 5. The number of hydrogen-bond acceptors (Lipinski definition) is 3. The van der Waals surface area contributed by atoms with Gasteiger partial charge in [-0.2, -0.15) is 0 Å². The van der Waals surface area contributed by atoms with Gasteiger partial charge in [0.15, 0.2) is 6.23 Å². The van der Waals surface area contributed by atoms with Crippen LogP contribution < -0.4 is 5.32 Å². The first kappa shape index (κ1) is 29.7. The van der Waals surface area contributed by atoms with E-state index in [9.17, 15) is 0 Å². The van der Waals surface area contributed by atoms with E-state index in [1.807, 2.05) is 12.1 Å². The van der Waals surface area contributed by atoms with Crippen molar-refractivity contribution >= 4 is 39.9 Å². The summed E-state index contributed by atoms with van der Waals surface area (Å²) in [7, 11) is 1.76. The molecule has 0 saturated heterocycles. The highest BCUT2D eigenvalue weighted by molar-refractivity contribution is 5.99. The molecule has 0 spiro atoms.